The lowest BCUT2D eigenvalue weighted by Crippen LogP contribution is -2.22. The van der Waals surface area contributed by atoms with Gasteiger partial charge in [0.2, 0.25) is 0 Å². The minimum atomic E-state index is -0.797. The molecule has 0 amide bonds. The summed E-state index contributed by atoms with van der Waals surface area (Å²) in [6, 6.07) is 0. The van der Waals surface area contributed by atoms with Crippen molar-refractivity contribution in [1.29, 1.82) is 0 Å². The molecule has 0 unspecified atom stereocenters. The Labute approximate surface area is 92.9 Å². The van der Waals surface area contributed by atoms with Gasteiger partial charge in [0.25, 0.3) is 5.56 Å². The van der Waals surface area contributed by atoms with Crippen molar-refractivity contribution in [3.63, 3.8) is 0 Å². The smallest absolute Gasteiger partial charge is 0.303 e. The summed E-state index contributed by atoms with van der Waals surface area (Å²) in [5, 5.41) is 11.3. The number of nitrogens with one attached hydrogen (secondary N) is 1. The lowest BCUT2D eigenvalue weighted by Gasteiger charge is -2.04. The highest BCUT2D eigenvalue weighted by molar-refractivity contribution is 5.66. The minimum Gasteiger partial charge on any atom is -0.481 e. The first kappa shape index (κ1) is 12.2. The van der Waals surface area contributed by atoms with Crippen LogP contribution < -0.4 is 10.9 Å². The average Bonchev–Trinajstić information content (AvgIpc) is 2.23. The highest BCUT2D eigenvalue weighted by Crippen LogP contribution is 1.97. The lowest BCUT2D eigenvalue weighted by atomic mass is 10.2. The largest absolute Gasteiger partial charge is 0.481 e. The van der Waals surface area contributed by atoms with Crippen LogP contribution in [0.5, 0.6) is 0 Å². The van der Waals surface area contributed by atoms with Gasteiger partial charge in [0.05, 0.1) is 0 Å². The normalized spacial score (nSPS) is 10.1. The van der Waals surface area contributed by atoms with E-state index in [-0.39, 0.29) is 12.0 Å². The summed E-state index contributed by atoms with van der Waals surface area (Å²) in [6.45, 7) is 0.555. The molecule has 1 aromatic rings. The molecule has 0 fully saturated rings. The Kier molecular flexibility index (Phi) is 4.50. The maximum absolute atomic E-state index is 11.5. The van der Waals surface area contributed by atoms with Gasteiger partial charge in [-0.15, -0.1) is 0 Å². The van der Waals surface area contributed by atoms with Crippen LogP contribution in [0.2, 0.25) is 0 Å². The Hall–Kier alpha value is -1.85. The van der Waals surface area contributed by atoms with Gasteiger partial charge in [-0.1, -0.05) is 0 Å². The van der Waals surface area contributed by atoms with Crippen LogP contribution in [0.1, 0.15) is 19.3 Å². The molecule has 0 aliphatic carbocycles. The molecule has 0 aromatic carbocycles. The van der Waals surface area contributed by atoms with E-state index in [1.807, 2.05) is 0 Å². The van der Waals surface area contributed by atoms with Gasteiger partial charge in [0.15, 0.2) is 5.82 Å². The molecule has 0 spiro atoms. The SMILES string of the molecule is Cn1ccnc(NCCCCC(=O)O)c1=O. The molecule has 0 saturated carbocycles. The number of carboxylic acids is 1. The minimum absolute atomic E-state index is 0.155. The van der Waals surface area contributed by atoms with Crippen LogP contribution in [0.3, 0.4) is 0 Å². The Bertz CT molecular complexity index is 414. The van der Waals surface area contributed by atoms with Crippen LogP contribution in [0.15, 0.2) is 17.2 Å². The second kappa shape index (κ2) is 5.89. The summed E-state index contributed by atoms with van der Waals surface area (Å²) in [4.78, 5) is 25.6. The number of carboxylic acid groups (broad SMARTS) is 1. The Morgan fingerprint density at radius 1 is 1.56 bits per heavy atom. The van der Waals surface area contributed by atoms with Crippen LogP contribution in [0, 0.1) is 0 Å². The van der Waals surface area contributed by atoms with Gasteiger partial charge in [-0.25, -0.2) is 4.98 Å². The molecule has 1 aromatic heterocycles. The molecule has 0 atom stereocenters. The van der Waals surface area contributed by atoms with Gasteiger partial charge < -0.3 is 15.0 Å². The van der Waals surface area contributed by atoms with Crippen molar-refractivity contribution in [3.05, 3.63) is 22.7 Å². The first-order chi connectivity index (χ1) is 7.61. The number of aryl methyl sites for hydroxylation is 1. The van der Waals surface area contributed by atoms with Crippen LogP contribution >= 0.6 is 0 Å². The summed E-state index contributed by atoms with van der Waals surface area (Å²) >= 11 is 0. The van der Waals surface area contributed by atoms with E-state index in [1.165, 1.54) is 4.57 Å². The van der Waals surface area contributed by atoms with Gasteiger partial charge in [-0.3, -0.25) is 9.59 Å². The Balaban J connectivity index is 2.35. The number of aliphatic carboxylic acids is 1. The average molecular weight is 225 g/mol. The number of aromatic nitrogens is 2. The van der Waals surface area contributed by atoms with E-state index in [0.29, 0.717) is 25.2 Å². The number of hydrogen-bond donors (Lipinski definition) is 2. The molecule has 0 saturated heterocycles. The van der Waals surface area contributed by atoms with E-state index in [0.717, 1.165) is 0 Å². The number of nitrogens with zero attached hydrogens (tertiary/aromatic N) is 2. The van der Waals surface area contributed by atoms with Crippen LogP contribution in [-0.2, 0) is 11.8 Å². The van der Waals surface area contributed by atoms with Gasteiger partial charge in [-0.05, 0) is 12.8 Å². The summed E-state index contributed by atoms with van der Waals surface area (Å²) in [7, 11) is 1.65. The summed E-state index contributed by atoms with van der Waals surface area (Å²) in [5.74, 6) is -0.492. The van der Waals surface area contributed by atoms with E-state index in [9.17, 15) is 9.59 Å². The van der Waals surface area contributed by atoms with Crippen molar-refractivity contribution in [3.8, 4) is 0 Å². The maximum Gasteiger partial charge on any atom is 0.303 e. The van der Waals surface area contributed by atoms with E-state index in [4.69, 9.17) is 5.11 Å². The van der Waals surface area contributed by atoms with Crippen LogP contribution in [0.4, 0.5) is 5.82 Å². The fraction of sp³-hybridized carbons (Fsp3) is 0.500. The van der Waals surface area contributed by atoms with Gasteiger partial charge >= 0.3 is 5.97 Å². The summed E-state index contributed by atoms with van der Waals surface area (Å²) in [5.41, 5.74) is -0.180. The topological polar surface area (TPSA) is 84.2 Å². The molecule has 0 radical (unpaired) electrons. The zero-order valence-corrected chi connectivity index (χ0v) is 9.14. The van der Waals surface area contributed by atoms with Crippen molar-refractivity contribution < 1.29 is 9.90 Å². The quantitative estimate of drug-likeness (QED) is 0.686. The first-order valence-corrected chi connectivity index (χ1v) is 5.08. The molecule has 2 N–H and O–H groups in total. The second-order valence-corrected chi connectivity index (χ2v) is 3.47. The number of rotatable bonds is 6. The van der Waals surface area contributed by atoms with E-state index < -0.39 is 5.97 Å². The molecule has 1 rings (SSSR count). The van der Waals surface area contributed by atoms with Crippen molar-refractivity contribution in [2.75, 3.05) is 11.9 Å². The van der Waals surface area contributed by atoms with Crippen LogP contribution in [-0.4, -0.2) is 27.2 Å². The molecule has 0 aliphatic heterocycles. The molecule has 0 bridgehead atoms. The van der Waals surface area contributed by atoms with Gasteiger partial charge in [-0.2, -0.15) is 0 Å². The van der Waals surface area contributed by atoms with Crippen LogP contribution in [0.25, 0.3) is 0 Å². The monoisotopic (exact) mass is 225 g/mol. The number of unbranched alkanes of at least 4 members (excludes halogenated alkanes) is 1. The number of carbonyl (C=O) groups is 1. The first-order valence-electron chi connectivity index (χ1n) is 5.08. The Morgan fingerprint density at radius 2 is 2.31 bits per heavy atom. The van der Waals surface area contributed by atoms with Crippen molar-refractivity contribution >= 4 is 11.8 Å². The molecular formula is C10H15N3O3. The third kappa shape index (κ3) is 3.72. The zero-order valence-electron chi connectivity index (χ0n) is 9.14. The summed E-state index contributed by atoms with van der Waals surface area (Å²) in [6.07, 6.45) is 4.57. The van der Waals surface area contributed by atoms with Gasteiger partial charge in [0.1, 0.15) is 0 Å². The van der Waals surface area contributed by atoms with Gasteiger partial charge in [0, 0.05) is 32.4 Å². The maximum atomic E-state index is 11.5. The molecule has 88 valence electrons. The molecule has 6 nitrogen and oxygen atoms in total. The molecular weight excluding hydrogens is 210 g/mol. The van der Waals surface area contributed by atoms with Crippen molar-refractivity contribution in [2.45, 2.75) is 19.3 Å². The lowest BCUT2D eigenvalue weighted by molar-refractivity contribution is -0.137. The fourth-order valence-electron chi connectivity index (χ4n) is 1.23. The predicted molar refractivity (Wildman–Crippen MR) is 59.5 cm³/mol. The number of hydrogen-bond acceptors (Lipinski definition) is 4. The standard InChI is InChI=1S/C10H15N3O3/c1-13-7-6-12-9(10(13)16)11-5-3-2-4-8(14)15/h6-7H,2-5H2,1H3,(H,11,12)(H,14,15). The second-order valence-electron chi connectivity index (χ2n) is 3.47. The van der Waals surface area contributed by atoms with E-state index >= 15 is 0 Å². The molecule has 0 aliphatic rings. The molecule has 16 heavy (non-hydrogen) atoms. The van der Waals surface area contributed by atoms with Crippen molar-refractivity contribution in [1.82, 2.24) is 9.55 Å². The zero-order chi connectivity index (χ0) is 12.0. The predicted octanol–water partition coefficient (Wildman–Crippen LogP) is 0.447. The highest BCUT2D eigenvalue weighted by Gasteiger charge is 2.01. The summed E-state index contributed by atoms with van der Waals surface area (Å²) < 4.78 is 1.44. The third-order valence-electron chi connectivity index (χ3n) is 2.13. The number of anilines is 1. The van der Waals surface area contributed by atoms with Crippen molar-refractivity contribution in [2.24, 2.45) is 7.05 Å². The molecule has 1 heterocycles. The highest BCUT2D eigenvalue weighted by atomic mass is 16.4. The third-order valence-corrected chi connectivity index (χ3v) is 2.13. The molecule has 6 heteroatoms. The Morgan fingerprint density at radius 3 is 3.00 bits per heavy atom. The van der Waals surface area contributed by atoms with E-state index in [2.05, 4.69) is 10.3 Å². The fourth-order valence-corrected chi connectivity index (χ4v) is 1.23. The van der Waals surface area contributed by atoms with E-state index in [1.54, 1.807) is 19.4 Å².